The Kier molecular flexibility index (Phi) is 8.37. The maximum absolute atomic E-state index is 9.55. The van der Waals surface area contributed by atoms with E-state index in [1.165, 1.54) is 5.56 Å². The van der Waals surface area contributed by atoms with Gasteiger partial charge in [-0.1, -0.05) is 54.1 Å². The number of piperazine rings is 1. The highest BCUT2D eigenvalue weighted by Gasteiger charge is 2.34. The molecule has 0 spiro atoms. The van der Waals surface area contributed by atoms with Crippen LogP contribution < -0.4 is 20.2 Å². The third-order valence-electron chi connectivity index (χ3n) is 6.84. The highest BCUT2D eigenvalue weighted by atomic mass is 35.5. The molecule has 9 nitrogen and oxygen atoms in total. The van der Waals surface area contributed by atoms with Crippen LogP contribution in [0.15, 0.2) is 101 Å². The van der Waals surface area contributed by atoms with Gasteiger partial charge < -0.3 is 29.6 Å². The number of para-hydroxylation sites is 2. The number of carboxylic acids is 2. The Balaban J connectivity index is 0.000000372. The highest BCUT2D eigenvalue weighted by molar-refractivity contribution is 6.30. The van der Waals surface area contributed by atoms with Gasteiger partial charge in [0.25, 0.3) is 0 Å². The van der Waals surface area contributed by atoms with Gasteiger partial charge in [0.2, 0.25) is 0 Å². The number of hydrogen-bond donors (Lipinski definition) is 2. The van der Waals surface area contributed by atoms with Crippen LogP contribution in [0.5, 0.6) is 5.75 Å². The summed E-state index contributed by atoms with van der Waals surface area (Å²) in [4.78, 5) is 31.4. The molecule has 210 valence electrons. The zero-order chi connectivity index (χ0) is 28.9. The lowest BCUT2D eigenvalue weighted by Gasteiger charge is -2.40. The van der Waals surface area contributed by atoms with E-state index in [0.29, 0.717) is 17.2 Å². The smallest absolute Gasteiger partial charge is 0.328 e. The van der Waals surface area contributed by atoms with E-state index in [0.717, 1.165) is 72.0 Å². The number of benzene rings is 3. The summed E-state index contributed by atoms with van der Waals surface area (Å²) in [7, 11) is 2.18. The van der Waals surface area contributed by atoms with Gasteiger partial charge in [0.1, 0.15) is 11.5 Å². The Morgan fingerprint density at radius 2 is 1.59 bits per heavy atom. The van der Waals surface area contributed by atoms with Crippen LogP contribution >= 0.6 is 11.6 Å². The normalized spacial score (nSPS) is 16.1. The fourth-order valence-corrected chi connectivity index (χ4v) is 5.03. The summed E-state index contributed by atoms with van der Waals surface area (Å²) >= 11 is 6.32. The van der Waals surface area contributed by atoms with E-state index < -0.39 is 11.9 Å². The van der Waals surface area contributed by atoms with Crippen molar-refractivity contribution >= 4 is 35.0 Å². The standard InChI is InChI=1S/C27H25ClN4O.C4H4O4/c1-30-13-15-31(16-14-30)27-25-26(21-12-11-20(28)17-22(21)29-25)33-24-10-6-5-9-23(24)32(27)18-19-7-3-2-4-8-19;5-3(6)1-2-4(7)8/h2-12,17H,13-16,18H2,1H3;1-2H,(H,5,6)(H,7,8). The predicted octanol–water partition coefficient (Wildman–Crippen LogP) is 3.31. The molecule has 0 bridgehead atoms. The maximum Gasteiger partial charge on any atom is 0.328 e. The first-order valence-corrected chi connectivity index (χ1v) is 13.5. The second-order valence-corrected chi connectivity index (χ2v) is 10.2. The van der Waals surface area contributed by atoms with Gasteiger partial charge in [0.15, 0.2) is 11.5 Å². The van der Waals surface area contributed by atoms with Crippen molar-refractivity contribution in [2.24, 2.45) is 4.99 Å². The summed E-state index contributed by atoms with van der Waals surface area (Å²) in [5.74, 6) is 0.223. The highest BCUT2D eigenvalue weighted by Crippen LogP contribution is 2.41. The van der Waals surface area contributed by atoms with E-state index in [9.17, 15) is 9.59 Å². The third kappa shape index (κ3) is 6.42. The predicted molar refractivity (Wildman–Crippen MR) is 156 cm³/mol. The molecule has 0 unspecified atom stereocenters. The monoisotopic (exact) mass is 572 g/mol. The van der Waals surface area contributed by atoms with E-state index in [1.54, 1.807) is 0 Å². The van der Waals surface area contributed by atoms with Crippen LogP contribution in [0, 0.1) is 0 Å². The van der Waals surface area contributed by atoms with Crippen molar-refractivity contribution in [3.05, 3.63) is 118 Å². The molecule has 3 heterocycles. The molecule has 3 aliphatic rings. The van der Waals surface area contributed by atoms with E-state index in [1.807, 2.05) is 30.3 Å². The molecule has 1 saturated heterocycles. The molecule has 0 saturated carbocycles. The molecule has 0 amide bonds. The lowest BCUT2D eigenvalue weighted by atomic mass is 10.1. The summed E-state index contributed by atoms with van der Waals surface area (Å²) in [6.45, 7) is 4.61. The first kappa shape index (κ1) is 27.9. The van der Waals surface area contributed by atoms with Crippen molar-refractivity contribution in [1.29, 1.82) is 0 Å². The van der Waals surface area contributed by atoms with Gasteiger partial charge in [0.05, 0.1) is 11.0 Å². The van der Waals surface area contributed by atoms with Crippen molar-refractivity contribution < 1.29 is 24.5 Å². The number of hydrogen-bond acceptors (Lipinski definition) is 7. The molecule has 3 aliphatic heterocycles. The lowest BCUT2D eigenvalue weighted by molar-refractivity contribution is -0.134. The Morgan fingerprint density at radius 3 is 2.27 bits per heavy atom. The second kappa shape index (κ2) is 12.3. The Labute approximate surface area is 242 Å². The molecule has 0 radical (unpaired) electrons. The van der Waals surface area contributed by atoms with E-state index in [-0.39, 0.29) is 0 Å². The van der Waals surface area contributed by atoms with Crippen LogP contribution in [0.1, 0.15) is 5.56 Å². The summed E-state index contributed by atoms with van der Waals surface area (Å²) in [5, 5.41) is 18.1. The number of carboxylic acid groups (broad SMARTS) is 2. The van der Waals surface area contributed by atoms with Gasteiger partial charge in [0, 0.05) is 55.1 Å². The molecular weight excluding hydrogens is 544 g/mol. The van der Waals surface area contributed by atoms with Crippen molar-refractivity contribution in [2.45, 2.75) is 6.54 Å². The number of carbonyl (C=O) groups is 2. The second-order valence-electron chi connectivity index (χ2n) is 9.72. The summed E-state index contributed by atoms with van der Waals surface area (Å²) in [6, 6.07) is 24.7. The minimum absolute atomic E-state index is 0.558. The van der Waals surface area contributed by atoms with E-state index in [4.69, 9.17) is 31.5 Å². The number of fused-ring (bicyclic) bond motifs is 3. The quantitative estimate of drug-likeness (QED) is 0.449. The van der Waals surface area contributed by atoms with E-state index >= 15 is 0 Å². The lowest BCUT2D eigenvalue weighted by Crippen LogP contribution is -2.47. The van der Waals surface area contributed by atoms with Crippen LogP contribution in [-0.2, 0) is 16.1 Å². The average molecular weight is 573 g/mol. The zero-order valence-corrected chi connectivity index (χ0v) is 23.2. The van der Waals surface area contributed by atoms with Crippen molar-refractivity contribution in [3.8, 4) is 5.75 Å². The minimum atomic E-state index is -1.26. The molecule has 3 aromatic rings. The summed E-state index contributed by atoms with van der Waals surface area (Å²) in [5.41, 5.74) is 3.17. The number of likely N-dealkylation sites (N-methyl/N-ethyl adjacent to an activating group) is 1. The molecule has 0 atom stereocenters. The molecule has 6 rings (SSSR count). The molecule has 2 N–H and O–H groups in total. The minimum Gasteiger partial charge on any atom is -0.478 e. The number of anilines is 1. The van der Waals surface area contributed by atoms with Gasteiger partial charge in [-0.3, -0.25) is 0 Å². The van der Waals surface area contributed by atoms with Gasteiger partial charge in [-0.2, -0.15) is 0 Å². The van der Waals surface area contributed by atoms with Crippen molar-refractivity contribution in [2.75, 3.05) is 38.1 Å². The summed E-state index contributed by atoms with van der Waals surface area (Å²) < 4.78 is 6.60. The van der Waals surface area contributed by atoms with Crippen LogP contribution in [0.2, 0.25) is 5.02 Å². The average Bonchev–Trinajstić information content (AvgIpc) is 3.24. The Hall–Kier alpha value is -4.60. The van der Waals surface area contributed by atoms with Crippen LogP contribution in [0.3, 0.4) is 0 Å². The topological polar surface area (TPSA) is 106 Å². The molecule has 41 heavy (non-hydrogen) atoms. The number of nitrogens with zero attached hydrogens (tertiary/aromatic N) is 4. The van der Waals surface area contributed by atoms with Crippen molar-refractivity contribution in [3.63, 3.8) is 0 Å². The number of rotatable bonds is 5. The SMILES string of the molecule is CN1CCN(C2=C3N=c4cc(Cl)ccc4=C3Oc3ccccc3N2Cc2ccccc2)CC1.O=C(O)C=CC(=O)O. The van der Waals surface area contributed by atoms with Gasteiger partial charge >= 0.3 is 11.9 Å². The molecule has 1 fully saturated rings. The fraction of sp³-hybridized carbons (Fsp3) is 0.194. The molecule has 10 heteroatoms. The molecular formula is C31H29ClN4O5. The number of aliphatic carboxylic acids is 2. The van der Waals surface area contributed by atoms with Gasteiger partial charge in [-0.25, -0.2) is 14.6 Å². The van der Waals surface area contributed by atoms with Gasteiger partial charge in [-0.05, 0) is 42.9 Å². The molecule has 3 aromatic carbocycles. The number of ether oxygens (including phenoxy) is 1. The first-order chi connectivity index (χ1) is 19.8. The third-order valence-corrected chi connectivity index (χ3v) is 7.08. The van der Waals surface area contributed by atoms with Crippen LogP contribution in [0.25, 0.3) is 5.76 Å². The largest absolute Gasteiger partial charge is 0.478 e. The zero-order valence-electron chi connectivity index (χ0n) is 22.4. The molecule has 0 aliphatic carbocycles. The van der Waals surface area contributed by atoms with Gasteiger partial charge in [-0.15, -0.1) is 0 Å². The van der Waals surface area contributed by atoms with Crippen molar-refractivity contribution in [1.82, 2.24) is 9.80 Å². The van der Waals surface area contributed by atoms with Crippen LogP contribution in [0.4, 0.5) is 5.69 Å². The maximum atomic E-state index is 9.55. The number of halogens is 1. The Morgan fingerprint density at radius 1 is 0.927 bits per heavy atom. The Bertz CT molecular complexity index is 1630. The fourth-order valence-electron chi connectivity index (χ4n) is 4.87. The molecule has 0 aromatic heterocycles. The van der Waals surface area contributed by atoms with Crippen LogP contribution in [-0.4, -0.2) is 65.2 Å². The summed E-state index contributed by atoms with van der Waals surface area (Å²) in [6.07, 6.45) is 1.12. The van der Waals surface area contributed by atoms with E-state index in [2.05, 4.69) is 64.2 Å². The first-order valence-electron chi connectivity index (χ1n) is 13.1.